The number of carbonyl (C=O) groups excluding carboxylic acids is 1. The fourth-order valence-electron chi connectivity index (χ4n) is 2.13. The molecule has 0 saturated carbocycles. The second kappa shape index (κ2) is 6.25. The predicted molar refractivity (Wildman–Crippen MR) is 75.4 cm³/mol. The lowest BCUT2D eigenvalue weighted by atomic mass is 10.0. The maximum Gasteiger partial charge on any atom is 0.155 e. The highest BCUT2D eigenvalue weighted by Crippen LogP contribution is 2.18. The molecule has 0 spiro atoms. The van der Waals surface area contributed by atoms with E-state index in [0.717, 1.165) is 29.4 Å². The molecule has 0 aliphatic carbocycles. The van der Waals surface area contributed by atoms with E-state index in [0.29, 0.717) is 12.2 Å². The van der Waals surface area contributed by atoms with Gasteiger partial charge < -0.3 is 4.74 Å². The first-order valence-corrected chi connectivity index (χ1v) is 7.30. The predicted octanol–water partition coefficient (Wildman–Crippen LogP) is 1.85. The van der Waals surface area contributed by atoms with E-state index in [1.54, 1.807) is 7.11 Å². The molecule has 18 heavy (non-hydrogen) atoms. The summed E-state index contributed by atoms with van der Waals surface area (Å²) in [6, 6.07) is 7.82. The summed E-state index contributed by atoms with van der Waals surface area (Å²) in [4.78, 5) is 14.4. The molecule has 0 N–H and O–H groups in total. The van der Waals surface area contributed by atoms with Gasteiger partial charge in [-0.2, -0.15) is 11.8 Å². The summed E-state index contributed by atoms with van der Waals surface area (Å²) >= 11 is 1.87. The minimum Gasteiger partial charge on any atom is -0.497 e. The maximum absolute atomic E-state index is 12.3. The highest BCUT2D eigenvalue weighted by atomic mass is 32.2. The van der Waals surface area contributed by atoms with Crippen molar-refractivity contribution in [1.82, 2.24) is 4.90 Å². The lowest BCUT2D eigenvalue weighted by Crippen LogP contribution is -2.45. The molecule has 0 radical (unpaired) electrons. The standard InChI is InChI=1S/C14H19NO2S/c1-15-6-7-18-10-13(15)14(16)9-11-4-3-5-12(8-11)17-2/h3-5,8,13H,6-7,9-10H2,1-2H3. The van der Waals surface area contributed by atoms with Crippen molar-refractivity contribution >= 4 is 17.5 Å². The first-order chi connectivity index (χ1) is 8.70. The molecule has 1 aromatic carbocycles. The van der Waals surface area contributed by atoms with Crippen LogP contribution in [-0.4, -0.2) is 48.9 Å². The van der Waals surface area contributed by atoms with Gasteiger partial charge in [-0.15, -0.1) is 0 Å². The third-order valence-electron chi connectivity index (χ3n) is 3.28. The van der Waals surface area contributed by atoms with Crippen molar-refractivity contribution in [1.29, 1.82) is 0 Å². The summed E-state index contributed by atoms with van der Waals surface area (Å²) in [5, 5.41) is 0. The van der Waals surface area contributed by atoms with Crippen molar-refractivity contribution < 1.29 is 9.53 Å². The molecule has 0 aromatic heterocycles. The van der Waals surface area contributed by atoms with Gasteiger partial charge in [-0.1, -0.05) is 12.1 Å². The van der Waals surface area contributed by atoms with Crippen molar-refractivity contribution in [2.24, 2.45) is 0 Å². The highest BCUT2D eigenvalue weighted by molar-refractivity contribution is 7.99. The Morgan fingerprint density at radius 2 is 2.39 bits per heavy atom. The quantitative estimate of drug-likeness (QED) is 0.831. The number of hydrogen-bond acceptors (Lipinski definition) is 4. The zero-order chi connectivity index (χ0) is 13.0. The molecule has 1 atom stereocenters. The summed E-state index contributed by atoms with van der Waals surface area (Å²) in [7, 11) is 3.68. The van der Waals surface area contributed by atoms with Crippen LogP contribution in [0.1, 0.15) is 5.56 Å². The highest BCUT2D eigenvalue weighted by Gasteiger charge is 2.25. The third-order valence-corrected chi connectivity index (χ3v) is 4.30. The minimum absolute atomic E-state index is 0.0648. The van der Waals surface area contributed by atoms with E-state index in [1.165, 1.54) is 0 Å². The number of thioether (sulfide) groups is 1. The van der Waals surface area contributed by atoms with Crippen LogP contribution in [0.3, 0.4) is 0 Å². The zero-order valence-electron chi connectivity index (χ0n) is 10.9. The fourth-order valence-corrected chi connectivity index (χ4v) is 3.37. The number of ketones is 1. The van der Waals surface area contributed by atoms with Gasteiger partial charge in [0.25, 0.3) is 0 Å². The van der Waals surface area contributed by atoms with E-state index >= 15 is 0 Å². The van der Waals surface area contributed by atoms with Gasteiger partial charge >= 0.3 is 0 Å². The molecule has 0 amide bonds. The van der Waals surface area contributed by atoms with Crippen LogP contribution in [0, 0.1) is 0 Å². The van der Waals surface area contributed by atoms with Gasteiger partial charge in [-0.25, -0.2) is 0 Å². The first kappa shape index (κ1) is 13.4. The van der Waals surface area contributed by atoms with Crippen molar-refractivity contribution in [3.63, 3.8) is 0 Å². The molecule has 0 bridgehead atoms. The van der Waals surface area contributed by atoms with Crippen LogP contribution >= 0.6 is 11.8 Å². The van der Waals surface area contributed by atoms with E-state index in [-0.39, 0.29) is 6.04 Å². The van der Waals surface area contributed by atoms with Gasteiger partial charge in [0.15, 0.2) is 5.78 Å². The minimum atomic E-state index is 0.0648. The number of likely N-dealkylation sites (N-methyl/N-ethyl adjacent to an activating group) is 1. The second-order valence-electron chi connectivity index (χ2n) is 4.57. The van der Waals surface area contributed by atoms with Gasteiger partial charge in [0.2, 0.25) is 0 Å². The average Bonchev–Trinajstić information content (AvgIpc) is 2.39. The van der Waals surface area contributed by atoms with Crippen LogP contribution in [0.4, 0.5) is 0 Å². The lowest BCUT2D eigenvalue weighted by Gasteiger charge is -2.30. The molecule has 1 unspecified atom stereocenters. The maximum atomic E-state index is 12.3. The van der Waals surface area contributed by atoms with Crippen LogP contribution in [0.2, 0.25) is 0 Å². The Kier molecular flexibility index (Phi) is 4.66. The average molecular weight is 265 g/mol. The van der Waals surface area contributed by atoms with Crippen molar-refractivity contribution in [2.45, 2.75) is 12.5 Å². The Balaban J connectivity index is 2.01. The number of rotatable bonds is 4. The molecule has 1 heterocycles. The Morgan fingerprint density at radius 1 is 1.56 bits per heavy atom. The molecule has 1 aromatic rings. The molecule has 2 rings (SSSR count). The Labute approximate surface area is 113 Å². The molecule has 1 saturated heterocycles. The number of ether oxygens (including phenoxy) is 1. The van der Waals surface area contributed by atoms with Gasteiger partial charge in [-0.05, 0) is 24.7 Å². The first-order valence-electron chi connectivity index (χ1n) is 6.14. The molecule has 1 aliphatic heterocycles. The van der Waals surface area contributed by atoms with E-state index < -0.39 is 0 Å². The van der Waals surface area contributed by atoms with E-state index in [1.807, 2.05) is 43.1 Å². The van der Waals surface area contributed by atoms with Crippen molar-refractivity contribution in [3.8, 4) is 5.75 Å². The number of carbonyl (C=O) groups is 1. The number of methoxy groups -OCH3 is 1. The topological polar surface area (TPSA) is 29.5 Å². The molecule has 98 valence electrons. The Hall–Kier alpha value is -1.00. The zero-order valence-corrected chi connectivity index (χ0v) is 11.7. The summed E-state index contributed by atoms with van der Waals surface area (Å²) in [6.07, 6.45) is 0.493. The van der Waals surface area contributed by atoms with E-state index in [9.17, 15) is 4.79 Å². The third kappa shape index (κ3) is 3.27. The summed E-state index contributed by atoms with van der Waals surface area (Å²) in [6.45, 7) is 0.999. The molecular formula is C14H19NO2S. The Morgan fingerprint density at radius 3 is 3.11 bits per heavy atom. The smallest absolute Gasteiger partial charge is 0.155 e. The van der Waals surface area contributed by atoms with E-state index in [2.05, 4.69) is 4.90 Å². The number of Topliss-reactive ketones (excluding diaryl/α,β-unsaturated/α-hetero) is 1. The van der Waals surface area contributed by atoms with E-state index in [4.69, 9.17) is 4.74 Å². The molecular weight excluding hydrogens is 246 g/mol. The lowest BCUT2D eigenvalue weighted by molar-refractivity contribution is -0.122. The van der Waals surface area contributed by atoms with Gasteiger partial charge in [0.05, 0.1) is 13.2 Å². The normalized spacial score (nSPS) is 20.7. The van der Waals surface area contributed by atoms with Crippen LogP contribution in [0.5, 0.6) is 5.75 Å². The van der Waals surface area contributed by atoms with Crippen LogP contribution in [-0.2, 0) is 11.2 Å². The van der Waals surface area contributed by atoms with Gasteiger partial charge in [-0.3, -0.25) is 9.69 Å². The number of hydrogen-bond donors (Lipinski definition) is 0. The largest absolute Gasteiger partial charge is 0.497 e. The summed E-state index contributed by atoms with van der Waals surface area (Å²) in [5.74, 6) is 3.16. The second-order valence-corrected chi connectivity index (χ2v) is 5.72. The van der Waals surface area contributed by atoms with Crippen molar-refractivity contribution in [2.75, 3.05) is 32.2 Å². The summed E-state index contributed by atoms with van der Waals surface area (Å²) in [5.41, 5.74) is 1.03. The fraction of sp³-hybridized carbons (Fsp3) is 0.500. The van der Waals surface area contributed by atoms with Crippen LogP contribution in [0.25, 0.3) is 0 Å². The molecule has 3 nitrogen and oxygen atoms in total. The van der Waals surface area contributed by atoms with Crippen LogP contribution in [0.15, 0.2) is 24.3 Å². The SMILES string of the molecule is COc1cccc(CC(=O)C2CSCCN2C)c1. The van der Waals surface area contributed by atoms with Crippen LogP contribution < -0.4 is 4.74 Å². The monoisotopic (exact) mass is 265 g/mol. The molecule has 4 heteroatoms. The molecule has 1 fully saturated rings. The number of nitrogens with zero attached hydrogens (tertiary/aromatic N) is 1. The summed E-state index contributed by atoms with van der Waals surface area (Å²) < 4.78 is 5.18. The molecule has 1 aliphatic rings. The van der Waals surface area contributed by atoms with Gasteiger partial charge in [0, 0.05) is 24.5 Å². The van der Waals surface area contributed by atoms with Gasteiger partial charge in [0.1, 0.15) is 5.75 Å². The van der Waals surface area contributed by atoms with Crippen molar-refractivity contribution in [3.05, 3.63) is 29.8 Å². The number of benzene rings is 1. The Bertz CT molecular complexity index is 422.